The Morgan fingerprint density at radius 1 is 0.596 bits per heavy atom. The quantitative estimate of drug-likeness (QED) is 0.0346. The number of nitrogens with two attached hydrogens (primary N) is 1. The Kier molecular flexibility index (Phi) is 35.8. The molecule has 7 nitrogen and oxygen atoms in total. The fraction of sp³-hybridized carbons (Fsp3) is 0.578. The van der Waals surface area contributed by atoms with Crippen molar-refractivity contribution in [3.8, 4) is 0 Å². The smallest absolute Gasteiger partial charge is 0.326 e. The third kappa shape index (κ3) is 34.7. The number of hydrogen-bond donors (Lipinski definition) is 3. The van der Waals surface area contributed by atoms with Gasteiger partial charge in [-0.05, 0) is 109 Å². The maximum Gasteiger partial charge on any atom is 0.326 e. The molecule has 0 fully saturated rings. The molecule has 52 heavy (non-hydrogen) atoms. The summed E-state index contributed by atoms with van der Waals surface area (Å²) in [5.74, 6) is -1.42. The molecule has 0 bridgehead atoms. The van der Waals surface area contributed by atoms with Crippen molar-refractivity contribution in [2.45, 2.75) is 161 Å². The average molecular weight is 721 g/mol. The molecular formula is C45H72N2O5. The molecule has 0 saturated heterocycles. The van der Waals surface area contributed by atoms with Crippen LogP contribution in [0.1, 0.15) is 149 Å². The minimum absolute atomic E-state index is 0.158. The number of carbonyl (C=O) groups is 3. The number of ether oxygens (including phenoxy) is 1. The molecule has 0 aliphatic carbocycles. The normalized spacial score (nSPS) is 13.8. The van der Waals surface area contributed by atoms with Crippen molar-refractivity contribution in [1.29, 1.82) is 0 Å². The van der Waals surface area contributed by atoms with Gasteiger partial charge < -0.3 is 20.9 Å². The van der Waals surface area contributed by atoms with E-state index in [0.29, 0.717) is 38.6 Å². The largest absolute Gasteiger partial charge is 0.480 e. The van der Waals surface area contributed by atoms with Crippen molar-refractivity contribution in [2.75, 3.05) is 6.54 Å². The predicted octanol–water partition coefficient (Wildman–Crippen LogP) is 11.1. The van der Waals surface area contributed by atoms with Crippen LogP contribution in [0.2, 0.25) is 0 Å². The molecule has 0 aromatic heterocycles. The van der Waals surface area contributed by atoms with Gasteiger partial charge in [0.15, 0.2) is 0 Å². The van der Waals surface area contributed by atoms with Gasteiger partial charge in [0, 0.05) is 12.8 Å². The molecule has 2 atom stereocenters. The van der Waals surface area contributed by atoms with Gasteiger partial charge in [-0.25, -0.2) is 4.79 Å². The van der Waals surface area contributed by atoms with Crippen LogP contribution >= 0.6 is 0 Å². The van der Waals surface area contributed by atoms with Gasteiger partial charge in [0.05, 0.1) is 0 Å². The number of hydrogen-bond acceptors (Lipinski definition) is 5. The second kappa shape index (κ2) is 38.5. The summed E-state index contributed by atoms with van der Waals surface area (Å²) in [7, 11) is 0. The lowest BCUT2D eigenvalue weighted by atomic mass is 10.1. The number of carboxylic acid groups (broad SMARTS) is 1. The standard InChI is InChI=1S/C45H72N2O5/c1-3-5-7-9-10-11-12-13-14-15-16-17-18-19-20-21-22-23-24-25-26-27-33-39-44(49)52-41(35-30-8-6-4-2)36-31-28-29-32-38-43(48)47-42(45(50)51)37-34-40-46/h5,7,10-11,13-14,16-17,19-20,22-23,25-26,30,35,41-42H,3-4,6,8-9,12,15,18,21,24,27-29,31-34,36-40,46H2,1-2H3,(H,47,48)(H,50,51)/b7-5-,11-10-,14-13-,17-16-,20-19-,23-22-,26-25-,35-30-. The maximum absolute atomic E-state index is 12.6. The number of esters is 1. The zero-order valence-corrected chi connectivity index (χ0v) is 32.6. The molecule has 0 aromatic rings. The Morgan fingerprint density at radius 3 is 1.63 bits per heavy atom. The van der Waals surface area contributed by atoms with E-state index in [1.807, 2.05) is 6.08 Å². The summed E-state index contributed by atoms with van der Waals surface area (Å²) in [6.45, 7) is 4.71. The third-order valence-electron chi connectivity index (χ3n) is 8.12. The van der Waals surface area contributed by atoms with Gasteiger partial charge in [0.25, 0.3) is 0 Å². The summed E-state index contributed by atoms with van der Waals surface area (Å²) in [6.07, 6.45) is 52.1. The molecule has 7 heteroatoms. The lowest BCUT2D eigenvalue weighted by Crippen LogP contribution is -2.40. The molecule has 0 saturated carbocycles. The van der Waals surface area contributed by atoms with Gasteiger partial charge in [-0.3, -0.25) is 9.59 Å². The zero-order chi connectivity index (χ0) is 38.2. The van der Waals surface area contributed by atoms with E-state index in [1.54, 1.807) is 0 Å². The van der Waals surface area contributed by atoms with E-state index in [1.165, 1.54) is 0 Å². The summed E-state index contributed by atoms with van der Waals surface area (Å²) in [6, 6.07) is -0.879. The van der Waals surface area contributed by atoms with E-state index in [4.69, 9.17) is 10.5 Å². The number of rotatable bonds is 34. The molecule has 2 unspecified atom stereocenters. The van der Waals surface area contributed by atoms with Crippen LogP contribution in [-0.2, 0) is 19.1 Å². The molecular weight excluding hydrogens is 649 g/mol. The number of allylic oxidation sites excluding steroid dienone is 15. The van der Waals surface area contributed by atoms with Gasteiger partial charge >= 0.3 is 11.9 Å². The first-order valence-corrected chi connectivity index (χ1v) is 20.1. The summed E-state index contributed by atoms with van der Waals surface area (Å²) in [5.41, 5.74) is 5.46. The number of amides is 1. The SMILES string of the molecule is CC/C=C\C/C=C\C/C=C\C/C=C\C/C=C\C/C=C\C/C=C\CCCC(=O)OC(/C=C\CCCC)CCCCCCC(=O)NC(CCCN)C(=O)O. The van der Waals surface area contributed by atoms with Crippen molar-refractivity contribution in [3.05, 3.63) is 97.2 Å². The second-order valence-corrected chi connectivity index (χ2v) is 13.0. The summed E-state index contributed by atoms with van der Waals surface area (Å²) >= 11 is 0. The number of nitrogens with one attached hydrogen (secondary N) is 1. The van der Waals surface area contributed by atoms with Crippen LogP contribution in [0.15, 0.2) is 97.2 Å². The second-order valence-electron chi connectivity index (χ2n) is 13.0. The predicted molar refractivity (Wildman–Crippen MR) is 220 cm³/mol. The lowest BCUT2D eigenvalue weighted by Gasteiger charge is -2.15. The molecule has 0 spiro atoms. The molecule has 0 heterocycles. The average Bonchev–Trinajstić information content (AvgIpc) is 3.13. The topological polar surface area (TPSA) is 119 Å². The minimum atomic E-state index is -1.03. The van der Waals surface area contributed by atoms with Gasteiger partial charge in [-0.15, -0.1) is 0 Å². The fourth-order valence-electron chi connectivity index (χ4n) is 5.10. The Labute approximate surface area is 317 Å². The summed E-state index contributed by atoms with van der Waals surface area (Å²) < 4.78 is 5.82. The van der Waals surface area contributed by atoms with Gasteiger partial charge in [-0.1, -0.05) is 131 Å². The monoisotopic (exact) mass is 721 g/mol. The van der Waals surface area contributed by atoms with Crippen molar-refractivity contribution < 1.29 is 24.2 Å². The van der Waals surface area contributed by atoms with Gasteiger partial charge in [0.1, 0.15) is 12.1 Å². The van der Waals surface area contributed by atoms with Crippen LogP contribution in [0, 0.1) is 0 Å². The van der Waals surface area contributed by atoms with E-state index in [-0.39, 0.29) is 18.0 Å². The lowest BCUT2D eigenvalue weighted by molar-refractivity contribution is -0.147. The highest BCUT2D eigenvalue weighted by molar-refractivity contribution is 5.83. The van der Waals surface area contributed by atoms with E-state index in [0.717, 1.165) is 103 Å². The van der Waals surface area contributed by atoms with Crippen LogP contribution < -0.4 is 11.1 Å². The third-order valence-corrected chi connectivity index (χ3v) is 8.12. The van der Waals surface area contributed by atoms with Crippen molar-refractivity contribution in [3.63, 3.8) is 0 Å². The number of aliphatic carboxylic acids is 1. The maximum atomic E-state index is 12.6. The highest BCUT2D eigenvalue weighted by atomic mass is 16.5. The highest BCUT2D eigenvalue weighted by Crippen LogP contribution is 2.14. The first kappa shape index (κ1) is 48.3. The summed E-state index contributed by atoms with van der Waals surface area (Å²) in [5, 5.41) is 11.9. The first-order valence-electron chi connectivity index (χ1n) is 20.1. The van der Waals surface area contributed by atoms with E-state index in [9.17, 15) is 19.5 Å². The molecule has 0 aromatic carbocycles. The fourth-order valence-corrected chi connectivity index (χ4v) is 5.10. The van der Waals surface area contributed by atoms with Crippen LogP contribution in [0.4, 0.5) is 0 Å². The Bertz CT molecular complexity index is 1130. The molecule has 1 amide bonds. The van der Waals surface area contributed by atoms with Crippen LogP contribution in [0.5, 0.6) is 0 Å². The minimum Gasteiger partial charge on any atom is -0.480 e. The number of unbranched alkanes of at least 4 members (excludes halogenated alkanes) is 6. The van der Waals surface area contributed by atoms with Crippen molar-refractivity contribution >= 4 is 17.8 Å². The zero-order valence-electron chi connectivity index (χ0n) is 32.6. The van der Waals surface area contributed by atoms with Gasteiger partial charge in [-0.2, -0.15) is 0 Å². The van der Waals surface area contributed by atoms with Crippen molar-refractivity contribution in [2.24, 2.45) is 5.73 Å². The van der Waals surface area contributed by atoms with Gasteiger partial charge in [0.2, 0.25) is 5.91 Å². The Balaban J connectivity index is 4.16. The molecule has 0 aliphatic heterocycles. The summed E-state index contributed by atoms with van der Waals surface area (Å²) in [4.78, 5) is 36.0. The number of carbonyl (C=O) groups excluding carboxylic acids is 2. The number of carboxylic acids is 1. The molecule has 4 N–H and O–H groups in total. The van der Waals surface area contributed by atoms with E-state index in [2.05, 4.69) is 110 Å². The molecule has 292 valence electrons. The van der Waals surface area contributed by atoms with Crippen LogP contribution in [0.25, 0.3) is 0 Å². The molecule has 0 aliphatic rings. The molecule has 0 rings (SSSR count). The van der Waals surface area contributed by atoms with Crippen LogP contribution in [0.3, 0.4) is 0 Å². The van der Waals surface area contributed by atoms with Crippen molar-refractivity contribution in [1.82, 2.24) is 5.32 Å². The first-order chi connectivity index (χ1) is 25.4. The Hall–Kier alpha value is -3.71. The Morgan fingerprint density at radius 2 is 1.12 bits per heavy atom. The van der Waals surface area contributed by atoms with E-state index >= 15 is 0 Å². The highest BCUT2D eigenvalue weighted by Gasteiger charge is 2.18. The van der Waals surface area contributed by atoms with E-state index < -0.39 is 12.0 Å². The van der Waals surface area contributed by atoms with Crippen LogP contribution in [-0.4, -0.2) is 41.6 Å². The molecule has 0 radical (unpaired) electrons.